The molecule has 0 aliphatic carbocycles. The lowest BCUT2D eigenvalue weighted by atomic mass is 10.3. The zero-order valence-corrected chi connectivity index (χ0v) is 10.1. The van der Waals surface area contributed by atoms with E-state index >= 15 is 0 Å². The first-order valence-corrected chi connectivity index (χ1v) is 6.68. The van der Waals surface area contributed by atoms with E-state index in [9.17, 15) is 13.2 Å². The standard InChI is InChI=1S/C10H14N2O4S/c1-8(10(13)14)12-17(15,16)7-5-9-4-2-3-6-11-9/h2-4,6,8,12H,5,7H2,1H3,(H,13,14)/t8-/m0/s1. The van der Waals surface area contributed by atoms with E-state index < -0.39 is 22.0 Å². The fourth-order valence-electron chi connectivity index (χ4n) is 1.16. The molecule has 0 spiro atoms. The summed E-state index contributed by atoms with van der Waals surface area (Å²) < 4.78 is 25.1. The maximum atomic E-state index is 11.5. The second-order valence-electron chi connectivity index (χ2n) is 3.57. The van der Waals surface area contributed by atoms with Gasteiger partial charge in [0.15, 0.2) is 0 Å². The number of carbonyl (C=O) groups is 1. The van der Waals surface area contributed by atoms with Gasteiger partial charge in [-0.15, -0.1) is 0 Å². The highest BCUT2D eigenvalue weighted by atomic mass is 32.2. The van der Waals surface area contributed by atoms with Gasteiger partial charge >= 0.3 is 5.97 Å². The second kappa shape index (κ2) is 5.74. The molecule has 6 nitrogen and oxygen atoms in total. The summed E-state index contributed by atoms with van der Waals surface area (Å²) >= 11 is 0. The molecule has 1 heterocycles. The highest BCUT2D eigenvalue weighted by Gasteiger charge is 2.19. The molecule has 0 radical (unpaired) electrons. The molecule has 17 heavy (non-hydrogen) atoms. The minimum absolute atomic E-state index is 0.179. The average molecular weight is 258 g/mol. The van der Waals surface area contributed by atoms with Crippen molar-refractivity contribution in [1.29, 1.82) is 0 Å². The summed E-state index contributed by atoms with van der Waals surface area (Å²) in [4.78, 5) is 14.5. The Morgan fingerprint density at radius 2 is 2.24 bits per heavy atom. The molecular formula is C10H14N2O4S. The van der Waals surface area contributed by atoms with E-state index in [0.29, 0.717) is 5.69 Å². The smallest absolute Gasteiger partial charge is 0.321 e. The number of nitrogens with zero attached hydrogens (tertiary/aromatic N) is 1. The zero-order chi connectivity index (χ0) is 12.9. The lowest BCUT2D eigenvalue weighted by Gasteiger charge is -2.09. The van der Waals surface area contributed by atoms with Gasteiger partial charge in [0.05, 0.1) is 5.75 Å². The van der Waals surface area contributed by atoms with E-state index in [-0.39, 0.29) is 12.2 Å². The number of carboxylic acids is 1. The SMILES string of the molecule is C[C@H](NS(=O)(=O)CCc1ccccn1)C(=O)O. The number of aliphatic carboxylic acids is 1. The Labute approximate surface area is 99.7 Å². The summed E-state index contributed by atoms with van der Waals surface area (Å²) in [6.45, 7) is 1.28. The van der Waals surface area contributed by atoms with Crippen molar-refractivity contribution >= 4 is 16.0 Å². The predicted octanol–water partition coefficient (Wildman–Crippen LogP) is 0.0166. The fraction of sp³-hybridized carbons (Fsp3) is 0.400. The van der Waals surface area contributed by atoms with E-state index in [4.69, 9.17) is 5.11 Å². The van der Waals surface area contributed by atoms with Crippen LogP contribution in [0, 0.1) is 0 Å². The molecule has 0 bridgehead atoms. The normalized spacial score (nSPS) is 13.2. The minimum Gasteiger partial charge on any atom is -0.480 e. The van der Waals surface area contributed by atoms with Crippen LogP contribution in [0.2, 0.25) is 0 Å². The van der Waals surface area contributed by atoms with Crippen LogP contribution >= 0.6 is 0 Å². The molecular weight excluding hydrogens is 244 g/mol. The maximum Gasteiger partial charge on any atom is 0.321 e. The molecule has 0 aliphatic rings. The van der Waals surface area contributed by atoms with Crippen LogP contribution in [0.4, 0.5) is 0 Å². The Bertz CT molecular complexity index is 472. The van der Waals surface area contributed by atoms with Crippen LogP contribution < -0.4 is 4.72 Å². The lowest BCUT2D eigenvalue weighted by molar-refractivity contribution is -0.138. The van der Waals surface area contributed by atoms with Gasteiger partial charge in [0.1, 0.15) is 6.04 Å². The van der Waals surface area contributed by atoms with Crippen molar-refractivity contribution in [3.8, 4) is 0 Å². The molecule has 1 rings (SSSR count). The summed E-state index contributed by atoms with van der Waals surface area (Å²) in [6.07, 6.45) is 1.83. The largest absolute Gasteiger partial charge is 0.480 e. The van der Waals surface area contributed by atoms with E-state index in [0.717, 1.165) is 0 Å². The summed E-state index contributed by atoms with van der Waals surface area (Å²) in [5, 5.41) is 8.59. The van der Waals surface area contributed by atoms with Crippen LogP contribution in [0.3, 0.4) is 0 Å². The first kappa shape index (κ1) is 13.6. The van der Waals surface area contributed by atoms with Crippen LogP contribution in [-0.2, 0) is 21.2 Å². The molecule has 0 aromatic carbocycles. The number of aromatic nitrogens is 1. The third-order valence-corrected chi connectivity index (χ3v) is 3.53. The van der Waals surface area contributed by atoms with E-state index in [2.05, 4.69) is 9.71 Å². The van der Waals surface area contributed by atoms with Gasteiger partial charge in [-0.05, 0) is 19.1 Å². The number of sulfonamides is 1. The molecule has 0 saturated carbocycles. The van der Waals surface area contributed by atoms with Gasteiger partial charge in [0.2, 0.25) is 10.0 Å². The van der Waals surface area contributed by atoms with Gasteiger partial charge in [-0.2, -0.15) is 0 Å². The lowest BCUT2D eigenvalue weighted by Crippen LogP contribution is -2.39. The first-order chi connectivity index (χ1) is 7.91. The predicted molar refractivity (Wildman–Crippen MR) is 62.0 cm³/mol. The van der Waals surface area contributed by atoms with Gasteiger partial charge in [-0.3, -0.25) is 9.78 Å². The van der Waals surface area contributed by atoms with Crippen molar-refractivity contribution in [2.75, 3.05) is 5.75 Å². The van der Waals surface area contributed by atoms with Crippen molar-refractivity contribution in [2.45, 2.75) is 19.4 Å². The molecule has 0 aliphatic heterocycles. The first-order valence-electron chi connectivity index (χ1n) is 5.03. The Hall–Kier alpha value is -1.47. The maximum absolute atomic E-state index is 11.5. The van der Waals surface area contributed by atoms with Crippen molar-refractivity contribution in [2.24, 2.45) is 0 Å². The number of hydrogen-bond donors (Lipinski definition) is 2. The summed E-state index contributed by atoms with van der Waals surface area (Å²) in [7, 11) is -3.59. The van der Waals surface area contributed by atoms with Crippen molar-refractivity contribution in [1.82, 2.24) is 9.71 Å². The molecule has 7 heteroatoms. The molecule has 0 unspecified atom stereocenters. The fourth-order valence-corrected chi connectivity index (χ4v) is 2.40. The van der Waals surface area contributed by atoms with E-state index in [1.165, 1.54) is 6.92 Å². The summed E-state index contributed by atoms with van der Waals surface area (Å²) in [5.74, 6) is -1.38. The third kappa shape index (κ3) is 4.92. The summed E-state index contributed by atoms with van der Waals surface area (Å²) in [5.41, 5.74) is 0.654. The number of hydrogen-bond acceptors (Lipinski definition) is 4. The van der Waals surface area contributed by atoms with Crippen LogP contribution in [0.5, 0.6) is 0 Å². The van der Waals surface area contributed by atoms with Gasteiger partial charge in [-0.25, -0.2) is 13.1 Å². The van der Waals surface area contributed by atoms with Crippen LogP contribution in [0.25, 0.3) is 0 Å². The van der Waals surface area contributed by atoms with Crippen LogP contribution in [-0.4, -0.2) is 36.3 Å². The number of carboxylic acid groups (broad SMARTS) is 1. The number of nitrogens with one attached hydrogen (secondary N) is 1. The van der Waals surface area contributed by atoms with E-state index in [1.54, 1.807) is 24.4 Å². The number of rotatable bonds is 6. The third-order valence-electron chi connectivity index (χ3n) is 2.08. The van der Waals surface area contributed by atoms with Gasteiger partial charge in [0.25, 0.3) is 0 Å². The second-order valence-corrected chi connectivity index (χ2v) is 5.44. The Morgan fingerprint density at radius 1 is 1.53 bits per heavy atom. The van der Waals surface area contributed by atoms with E-state index in [1.807, 2.05) is 0 Å². The number of aryl methyl sites for hydroxylation is 1. The van der Waals surface area contributed by atoms with Crippen LogP contribution in [0.1, 0.15) is 12.6 Å². The highest BCUT2D eigenvalue weighted by molar-refractivity contribution is 7.89. The molecule has 94 valence electrons. The summed E-state index contributed by atoms with van der Waals surface area (Å²) in [6, 6.07) is 4.10. The quantitative estimate of drug-likeness (QED) is 0.749. The molecule has 1 atom stereocenters. The van der Waals surface area contributed by atoms with Gasteiger partial charge < -0.3 is 5.11 Å². The Balaban J connectivity index is 2.54. The molecule has 1 aromatic rings. The van der Waals surface area contributed by atoms with Crippen molar-refractivity contribution in [3.05, 3.63) is 30.1 Å². The Kier molecular flexibility index (Phi) is 4.59. The van der Waals surface area contributed by atoms with Crippen molar-refractivity contribution < 1.29 is 18.3 Å². The van der Waals surface area contributed by atoms with Crippen LogP contribution in [0.15, 0.2) is 24.4 Å². The average Bonchev–Trinajstić information content (AvgIpc) is 2.27. The monoisotopic (exact) mass is 258 g/mol. The minimum atomic E-state index is -3.59. The molecule has 2 N–H and O–H groups in total. The molecule has 0 fully saturated rings. The molecule has 0 saturated heterocycles. The van der Waals surface area contributed by atoms with Gasteiger partial charge in [0, 0.05) is 18.3 Å². The molecule has 1 aromatic heterocycles. The highest BCUT2D eigenvalue weighted by Crippen LogP contribution is 1.98. The van der Waals surface area contributed by atoms with Crippen molar-refractivity contribution in [3.63, 3.8) is 0 Å². The van der Waals surface area contributed by atoms with Gasteiger partial charge in [-0.1, -0.05) is 6.07 Å². The number of pyridine rings is 1. The molecule has 0 amide bonds. The topological polar surface area (TPSA) is 96.4 Å². The Morgan fingerprint density at radius 3 is 2.76 bits per heavy atom. The zero-order valence-electron chi connectivity index (χ0n) is 9.33.